The number of nitrogens with one attached hydrogen (secondary N) is 1. The highest BCUT2D eigenvalue weighted by atomic mass is 127. The second kappa shape index (κ2) is 12.3. The quantitative estimate of drug-likeness (QED) is 0.180. The molecule has 1 saturated heterocycles. The Morgan fingerprint density at radius 1 is 1.11 bits per heavy atom. The first kappa shape index (κ1) is 27.5. The zero-order valence-electron chi connectivity index (χ0n) is 16.4. The zero-order valence-corrected chi connectivity index (χ0v) is 18.7. The van der Waals surface area contributed by atoms with E-state index in [2.05, 4.69) is 10.3 Å². The molecule has 12 heteroatoms. The van der Waals surface area contributed by atoms with Crippen LogP contribution in [-0.2, 0) is 0 Å². The van der Waals surface area contributed by atoms with Gasteiger partial charge in [-0.2, -0.15) is 26.3 Å². The maximum absolute atomic E-state index is 12.8. The van der Waals surface area contributed by atoms with Crippen molar-refractivity contribution in [3.63, 3.8) is 0 Å². The van der Waals surface area contributed by atoms with E-state index in [0.717, 1.165) is 6.92 Å². The van der Waals surface area contributed by atoms with Crippen molar-refractivity contribution in [3.8, 4) is 0 Å². The third-order valence-corrected chi connectivity index (χ3v) is 4.38. The fourth-order valence-corrected chi connectivity index (χ4v) is 2.86. The smallest absolute Gasteiger partial charge is 0.357 e. The third kappa shape index (κ3) is 10.3. The Bertz CT molecular complexity index is 463. The van der Waals surface area contributed by atoms with Gasteiger partial charge in [-0.25, -0.2) is 0 Å². The molecule has 0 bridgehead atoms. The fraction of sp³-hybridized carbons (Fsp3) is 0.938. The molecule has 1 heterocycles. The van der Waals surface area contributed by atoms with E-state index in [1.165, 1.54) is 16.8 Å². The van der Waals surface area contributed by atoms with Crippen molar-refractivity contribution in [2.75, 3.05) is 59.4 Å². The summed E-state index contributed by atoms with van der Waals surface area (Å²) in [6, 6.07) is -1.48. The van der Waals surface area contributed by atoms with Crippen molar-refractivity contribution in [2.45, 2.75) is 38.7 Å². The van der Waals surface area contributed by atoms with Crippen molar-refractivity contribution in [1.82, 2.24) is 20.0 Å². The first-order valence-corrected chi connectivity index (χ1v) is 9.03. The summed E-state index contributed by atoms with van der Waals surface area (Å²) in [5.74, 6) is 0.593. The standard InChI is InChI=1S/C16H29F6N5.HI/c1-4-23-14(24-6-5-7-25(3)12-15(17,18)19)27-10-8-26(9-11-27)13(2)16(20,21)22;/h13H,4-12H2,1-3H3,(H,23,24);1H. The summed E-state index contributed by atoms with van der Waals surface area (Å²) in [6.07, 6.45) is -8.00. The van der Waals surface area contributed by atoms with E-state index < -0.39 is 24.9 Å². The van der Waals surface area contributed by atoms with Crippen LogP contribution >= 0.6 is 24.0 Å². The monoisotopic (exact) mass is 533 g/mol. The zero-order chi connectivity index (χ0) is 20.7. The molecule has 0 aliphatic carbocycles. The molecule has 1 atom stereocenters. The van der Waals surface area contributed by atoms with Gasteiger partial charge in [-0.05, 0) is 33.9 Å². The summed E-state index contributed by atoms with van der Waals surface area (Å²) < 4.78 is 75.3. The average molecular weight is 533 g/mol. The lowest BCUT2D eigenvalue weighted by Crippen LogP contribution is -2.56. The van der Waals surface area contributed by atoms with Crippen LogP contribution < -0.4 is 5.32 Å². The molecule has 1 N–H and O–H groups in total. The third-order valence-electron chi connectivity index (χ3n) is 4.38. The van der Waals surface area contributed by atoms with Gasteiger partial charge in [0, 0.05) is 39.3 Å². The maximum atomic E-state index is 12.8. The number of guanidine groups is 1. The number of aliphatic imine (C=N–C) groups is 1. The summed E-state index contributed by atoms with van der Waals surface area (Å²) in [4.78, 5) is 8.89. The second-order valence-corrected chi connectivity index (χ2v) is 6.68. The summed E-state index contributed by atoms with van der Waals surface area (Å²) in [7, 11) is 1.41. The van der Waals surface area contributed by atoms with Gasteiger partial charge in [-0.1, -0.05) is 0 Å². The van der Waals surface area contributed by atoms with Crippen LogP contribution in [0.3, 0.4) is 0 Å². The number of piperazine rings is 1. The largest absolute Gasteiger partial charge is 0.403 e. The molecule has 168 valence electrons. The minimum absolute atomic E-state index is 0. The summed E-state index contributed by atoms with van der Waals surface area (Å²) in [5.41, 5.74) is 0. The van der Waals surface area contributed by atoms with Crippen LogP contribution in [0.4, 0.5) is 26.3 Å². The highest BCUT2D eigenvalue weighted by molar-refractivity contribution is 14.0. The molecule has 0 spiro atoms. The molecule has 1 aliphatic heterocycles. The second-order valence-electron chi connectivity index (χ2n) is 6.68. The lowest BCUT2D eigenvalue weighted by Gasteiger charge is -2.39. The molecule has 1 rings (SSSR count). The van der Waals surface area contributed by atoms with Gasteiger partial charge in [-0.15, -0.1) is 24.0 Å². The van der Waals surface area contributed by atoms with E-state index >= 15 is 0 Å². The predicted octanol–water partition coefficient (Wildman–Crippen LogP) is 3.02. The summed E-state index contributed by atoms with van der Waals surface area (Å²) in [6.45, 7) is 4.69. The van der Waals surface area contributed by atoms with Crippen molar-refractivity contribution >= 4 is 29.9 Å². The SMILES string of the molecule is CCNC(=NCCCN(C)CC(F)(F)F)N1CCN(C(C)C(F)(F)F)CC1.I. The van der Waals surface area contributed by atoms with E-state index in [-0.39, 0.29) is 43.6 Å². The molecule has 0 radical (unpaired) electrons. The van der Waals surface area contributed by atoms with Gasteiger partial charge < -0.3 is 10.2 Å². The Morgan fingerprint density at radius 2 is 1.68 bits per heavy atom. The van der Waals surface area contributed by atoms with Gasteiger partial charge in [0.1, 0.15) is 6.04 Å². The molecule has 0 aromatic carbocycles. The number of alkyl halides is 6. The highest BCUT2D eigenvalue weighted by Gasteiger charge is 2.41. The predicted molar refractivity (Wildman–Crippen MR) is 108 cm³/mol. The van der Waals surface area contributed by atoms with Crippen molar-refractivity contribution < 1.29 is 26.3 Å². The first-order chi connectivity index (χ1) is 12.4. The molecule has 0 aromatic heterocycles. The van der Waals surface area contributed by atoms with Crippen molar-refractivity contribution in [3.05, 3.63) is 0 Å². The van der Waals surface area contributed by atoms with Crippen molar-refractivity contribution in [1.29, 1.82) is 0 Å². The first-order valence-electron chi connectivity index (χ1n) is 9.03. The Hall–Kier alpha value is -0.500. The number of halogens is 7. The van der Waals surface area contributed by atoms with Gasteiger partial charge in [0.25, 0.3) is 0 Å². The number of nitrogens with zero attached hydrogens (tertiary/aromatic N) is 4. The molecule has 5 nitrogen and oxygen atoms in total. The molecule has 28 heavy (non-hydrogen) atoms. The topological polar surface area (TPSA) is 34.1 Å². The van der Waals surface area contributed by atoms with Crippen LogP contribution in [0.1, 0.15) is 20.3 Å². The molecule has 1 unspecified atom stereocenters. The summed E-state index contributed by atoms with van der Waals surface area (Å²) in [5, 5.41) is 3.09. The maximum Gasteiger partial charge on any atom is 0.403 e. The highest BCUT2D eigenvalue weighted by Crippen LogP contribution is 2.25. The average Bonchev–Trinajstić information content (AvgIpc) is 2.55. The van der Waals surface area contributed by atoms with Crippen molar-refractivity contribution in [2.24, 2.45) is 4.99 Å². The van der Waals surface area contributed by atoms with Crippen LogP contribution in [0.25, 0.3) is 0 Å². The fourth-order valence-electron chi connectivity index (χ4n) is 2.86. The Kier molecular flexibility index (Phi) is 12.0. The minimum Gasteiger partial charge on any atom is -0.357 e. The Morgan fingerprint density at radius 3 is 2.14 bits per heavy atom. The molecule has 0 aromatic rings. The van der Waals surface area contributed by atoms with E-state index in [4.69, 9.17) is 0 Å². The van der Waals surface area contributed by atoms with Crippen LogP contribution in [0, 0.1) is 0 Å². The Labute approximate surface area is 179 Å². The van der Waals surface area contributed by atoms with E-state index in [0.29, 0.717) is 38.6 Å². The van der Waals surface area contributed by atoms with Gasteiger partial charge in [0.15, 0.2) is 5.96 Å². The van der Waals surface area contributed by atoms with E-state index in [1.807, 2.05) is 11.8 Å². The van der Waals surface area contributed by atoms with Crippen LogP contribution in [0.2, 0.25) is 0 Å². The van der Waals surface area contributed by atoms with Gasteiger partial charge in [0.05, 0.1) is 6.54 Å². The lowest BCUT2D eigenvalue weighted by molar-refractivity contribution is -0.181. The molecular formula is C16H30F6IN5. The number of hydrogen-bond acceptors (Lipinski definition) is 3. The number of rotatable bonds is 7. The normalized spacial score (nSPS) is 18.2. The summed E-state index contributed by atoms with van der Waals surface area (Å²) >= 11 is 0. The molecular weight excluding hydrogens is 503 g/mol. The number of hydrogen-bond donors (Lipinski definition) is 1. The minimum atomic E-state index is -4.25. The molecule has 1 aliphatic rings. The Balaban J connectivity index is 0.00000729. The molecule has 1 fully saturated rings. The van der Waals surface area contributed by atoms with E-state index in [1.54, 1.807) is 0 Å². The van der Waals surface area contributed by atoms with Gasteiger partial charge in [0.2, 0.25) is 0 Å². The van der Waals surface area contributed by atoms with E-state index in [9.17, 15) is 26.3 Å². The molecule has 0 saturated carbocycles. The van der Waals surface area contributed by atoms with Gasteiger partial charge in [-0.3, -0.25) is 14.8 Å². The van der Waals surface area contributed by atoms with Crippen LogP contribution in [-0.4, -0.2) is 98.5 Å². The molecule has 0 amide bonds. The van der Waals surface area contributed by atoms with Crippen LogP contribution in [0.15, 0.2) is 4.99 Å². The van der Waals surface area contributed by atoms with Crippen LogP contribution in [0.5, 0.6) is 0 Å². The van der Waals surface area contributed by atoms with Gasteiger partial charge >= 0.3 is 12.4 Å². The lowest BCUT2D eigenvalue weighted by atomic mass is 10.2.